The van der Waals surface area contributed by atoms with E-state index in [2.05, 4.69) is 134 Å². The highest BCUT2D eigenvalue weighted by Gasteiger charge is 2.39. The molecule has 224 valence electrons. The summed E-state index contributed by atoms with van der Waals surface area (Å²) in [4.78, 5) is 12.1. The van der Waals surface area contributed by atoms with Crippen LogP contribution >= 0.6 is 11.8 Å². The monoisotopic (exact) mass is 622 g/mol. The Morgan fingerprint density at radius 2 is 1.21 bits per heavy atom. The van der Waals surface area contributed by atoms with E-state index >= 15 is 0 Å². The highest BCUT2D eigenvalue weighted by atomic mass is 32.2. The van der Waals surface area contributed by atoms with Gasteiger partial charge in [-0.3, -0.25) is 4.98 Å². The van der Waals surface area contributed by atoms with Crippen molar-refractivity contribution in [3.8, 4) is 67.5 Å². The van der Waals surface area contributed by atoms with Crippen molar-refractivity contribution in [2.24, 2.45) is 0 Å². The van der Waals surface area contributed by atoms with E-state index in [-0.39, 0.29) is 5.41 Å². The molecule has 2 aliphatic rings. The number of benzene rings is 5. The van der Waals surface area contributed by atoms with Crippen LogP contribution in [0.15, 0.2) is 156 Å². The summed E-state index contributed by atoms with van der Waals surface area (Å²) >= 11 is 1.79. The van der Waals surface area contributed by atoms with Crippen LogP contribution in [-0.2, 0) is 5.41 Å². The van der Waals surface area contributed by atoms with Gasteiger partial charge in [0.1, 0.15) is 11.5 Å². The fraction of sp³-hybridized carbons (Fsp3) is 0.0698. The molecule has 2 aromatic heterocycles. The van der Waals surface area contributed by atoms with Crippen molar-refractivity contribution in [3.63, 3.8) is 0 Å². The van der Waals surface area contributed by atoms with Crippen LogP contribution in [0.3, 0.4) is 0 Å². The van der Waals surface area contributed by atoms with Gasteiger partial charge in [0.05, 0.1) is 26.9 Å². The van der Waals surface area contributed by atoms with E-state index in [0.29, 0.717) is 0 Å². The standard InChI is InChI=1S/C43H30N2OS/c1-43(2)33-18-7-6-16-32(33)40-34(43)21-22-39-42(40)46-41-31(17-11-20-38(41)47-39)28-14-10-15-29(24-28)37-26-30(35-19-8-9-23-44-35)25-36(45-37)27-12-4-3-5-13-27/h3-26H,1-2H3. The SMILES string of the molecule is CC1(C)c2ccccc2-c2c1ccc1c2Oc2c(cccc2-c2cccc(-c3cc(-c4ccccn4)cc(-c4ccccc4)n3)c2)S1. The van der Waals surface area contributed by atoms with Gasteiger partial charge >= 0.3 is 0 Å². The molecule has 0 bridgehead atoms. The number of hydrogen-bond donors (Lipinski definition) is 0. The molecule has 47 heavy (non-hydrogen) atoms. The van der Waals surface area contributed by atoms with Gasteiger partial charge in [-0.15, -0.1) is 0 Å². The third kappa shape index (κ3) is 4.59. The zero-order valence-corrected chi connectivity index (χ0v) is 26.9. The Morgan fingerprint density at radius 3 is 2.06 bits per heavy atom. The Morgan fingerprint density at radius 1 is 0.511 bits per heavy atom. The zero-order valence-electron chi connectivity index (χ0n) is 26.1. The molecule has 0 unspecified atom stereocenters. The normalized spacial score (nSPS) is 13.6. The summed E-state index contributed by atoms with van der Waals surface area (Å²) in [6, 6.07) is 49.0. The van der Waals surface area contributed by atoms with Crippen molar-refractivity contribution in [1.82, 2.24) is 9.97 Å². The predicted octanol–water partition coefficient (Wildman–Crippen LogP) is 11.7. The minimum Gasteiger partial charge on any atom is -0.454 e. The molecule has 5 aromatic carbocycles. The summed E-state index contributed by atoms with van der Waals surface area (Å²) in [7, 11) is 0. The lowest BCUT2D eigenvalue weighted by atomic mass is 9.82. The smallest absolute Gasteiger partial charge is 0.149 e. The molecule has 3 nitrogen and oxygen atoms in total. The maximum Gasteiger partial charge on any atom is 0.149 e. The molecule has 0 N–H and O–H groups in total. The Bertz CT molecular complexity index is 2270. The van der Waals surface area contributed by atoms with E-state index in [1.807, 2.05) is 30.5 Å². The highest BCUT2D eigenvalue weighted by molar-refractivity contribution is 7.99. The van der Waals surface area contributed by atoms with E-state index in [9.17, 15) is 0 Å². The second kappa shape index (κ2) is 10.8. The number of aromatic nitrogens is 2. The Hall–Kier alpha value is -5.45. The fourth-order valence-corrected chi connectivity index (χ4v) is 8.04. The summed E-state index contributed by atoms with van der Waals surface area (Å²) in [6.45, 7) is 4.62. The molecule has 4 heteroatoms. The first-order valence-corrected chi connectivity index (χ1v) is 16.7. The maximum atomic E-state index is 7.01. The molecule has 1 aliphatic heterocycles. The molecule has 0 radical (unpaired) electrons. The lowest BCUT2D eigenvalue weighted by Gasteiger charge is -2.26. The van der Waals surface area contributed by atoms with Gasteiger partial charge in [0.2, 0.25) is 0 Å². The van der Waals surface area contributed by atoms with Gasteiger partial charge in [-0.1, -0.05) is 123 Å². The maximum absolute atomic E-state index is 7.01. The van der Waals surface area contributed by atoms with Crippen molar-refractivity contribution >= 4 is 11.8 Å². The molecular weight excluding hydrogens is 593 g/mol. The molecule has 0 fully saturated rings. The molecule has 7 aromatic rings. The van der Waals surface area contributed by atoms with Crippen LogP contribution in [0.4, 0.5) is 0 Å². The van der Waals surface area contributed by atoms with Crippen LogP contribution in [0.2, 0.25) is 0 Å². The minimum atomic E-state index is -0.0848. The number of rotatable bonds is 4. The molecule has 0 atom stereocenters. The van der Waals surface area contributed by atoms with Gasteiger partial charge in [0, 0.05) is 39.4 Å². The van der Waals surface area contributed by atoms with Crippen molar-refractivity contribution < 1.29 is 4.74 Å². The second-order valence-electron chi connectivity index (χ2n) is 12.6. The largest absolute Gasteiger partial charge is 0.454 e. The van der Waals surface area contributed by atoms with Crippen molar-refractivity contribution in [1.29, 1.82) is 0 Å². The van der Waals surface area contributed by atoms with Crippen LogP contribution in [0.25, 0.3) is 56.0 Å². The first-order valence-electron chi connectivity index (χ1n) is 15.9. The lowest BCUT2D eigenvalue weighted by molar-refractivity contribution is 0.457. The summed E-state index contributed by atoms with van der Waals surface area (Å²) in [6.07, 6.45) is 1.84. The number of fused-ring (bicyclic) bond motifs is 6. The van der Waals surface area contributed by atoms with Crippen LogP contribution in [0.1, 0.15) is 25.0 Å². The topological polar surface area (TPSA) is 35.0 Å². The van der Waals surface area contributed by atoms with Crippen LogP contribution < -0.4 is 4.74 Å². The minimum absolute atomic E-state index is 0.0848. The number of nitrogens with zero attached hydrogens (tertiary/aromatic N) is 2. The lowest BCUT2D eigenvalue weighted by Crippen LogP contribution is -2.15. The fourth-order valence-electron chi connectivity index (χ4n) is 7.04. The number of ether oxygens (including phenoxy) is 1. The van der Waals surface area contributed by atoms with Crippen LogP contribution in [0, 0.1) is 0 Å². The molecular formula is C43H30N2OS. The third-order valence-electron chi connectivity index (χ3n) is 9.39. The van der Waals surface area contributed by atoms with Crippen LogP contribution in [-0.4, -0.2) is 9.97 Å². The van der Waals surface area contributed by atoms with Crippen LogP contribution in [0.5, 0.6) is 11.5 Å². The quantitative estimate of drug-likeness (QED) is 0.196. The van der Waals surface area contributed by atoms with Gasteiger partial charge in [0.15, 0.2) is 0 Å². The number of pyridine rings is 2. The van der Waals surface area contributed by atoms with E-state index in [0.717, 1.165) is 66.2 Å². The number of hydrogen-bond acceptors (Lipinski definition) is 4. The molecule has 0 saturated carbocycles. The first-order chi connectivity index (χ1) is 23.0. The Labute approximate surface area is 279 Å². The van der Waals surface area contributed by atoms with Gasteiger partial charge in [-0.25, -0.2) is 4.98 Å². The molecule has 0 saturated heterocycles. The van der Waals surface area contributed by atoms with Gasteiger partial charge < -0.3 is 4.74 Å². The summed E-state index contributed by atoms with van der Waals surface area (Å²) in [5, 5.41) is 0. The highest BCUT2D eigenvalue weighted by Crippen LogP contribution is 2.59. The molecule has 3 heterocycles. The molecule has 9 rings (SSSR count). The first kappa shape index (κ1) is 27.8. The van der Waals surface area contributed by atoms with E-state index in [4.69, 9.17) is 9.72 Å². The van der Waals surface area contributed by atoms with E-state index in [1.54, 1.807) is 11.8 Å². The zero-order chi connectivity index (χ0) is 31.5. The predicted molar refractivity (Wildman–Crippen MR) is 192 cm³/mol. The van der Waals surface area contributed by atoms with Gasteiger partial charge in [-0.05, 0) is 64.7 Å². The summed E-state index contributed by atoms with van der Waals surface area (Å²) < 4.78 is 7.01. The average molecular weight is 623 g/mol. The van der Waals surface area contributed by atoms with E-state index < -0.39 is 0 Å². The van der Waals surface area contributed by atoms with Crippen molar-refractivity contribution in [3.05, 3.63) is 157 Å². The van der Waals surface area contributed by atoms with Crippen molar-refractivity contribution in [2.75, 3.05) is 0 Å². The Balaban J connectivity index is 1.16. The molecule has 0 spiro atoms. The second-order valence-corrected chi connectivity index (χ2v) is 13.7. The third-order valence-corrected chi connectivity index (χ3v) is 10.5. The van der Waals surface area contributed by atoms with Gasteiger partial charge in [0.25, 0.3) is 0 Å². The van der Waals surface area contributed by atoms with Gasteiger partial charge in [-0.2, -0.15) is 0 Å². The Kier molecular flexibility index (Phi) is 6.41. The van der Waals surface area contributed by atoms with E-state index in [1.165, 1.54) is 22.3 Å². The molecule has 0 amide bonds. The van der Waals surface area contributed by atoms with Crippen molar-refractivity contribution in [2.45, 2.75) is 29.1 Å². The average Bonchev–Trinajstić information content (AvgIpc) is 3.37. The summed E-state index contributed by atoms with van der Waals surface area (Å²) in [5.74, 6) is 1.86. The molecule has 1 aliphatic carbocycles. The number of para-hydroxylation sites is 1. The summed E-state index contributed by atoms with van der Waals surface area (Å²) in [5.41, 5.74) is 13.1.